The molecular formula is C26H21N5O2S. The fourth-order valence-corrected chi connectivity index (χ4v) is 5.30. The smallest absolute Gasteiger partial charge is 0.260 e. The van der Waals surface area contributed by atoms with Crippen LogP contribution >= 0.6 is 11.3 Å². The normalized spacial score (nSPS) is 14.1. The maximum Gasteiger partial charge on any atom is 0.260 e. The lowest BCUT2D eigenvalue weighted by Gasteiger charge is -2.35. The Kier molecular flexibility index (Phi) is 5.07. The van der Waals surface area contributed by atoms with Crippen LogP contribution in [0.2, 0.25) is 0 Å². The molecule has 2 aromatic heterocycles. The van der Waals surface area contributed by atoms with Gasteiger partial charge in [0.1, 0.15) is 5.01 Å². The second kappa shape index (κ2) is 8.39. The summed E-state index contributed by atoms with van der Waals surface area (Å²) < 4.78 is 1.00. The van der Waals surface area contributed by atoms with Gasteiger partial charge in [0.25, 0.3) is 11.5 Å². The lowest BCUT2D eigenvalue weighted by molar-refractivity contribution is 0.0746. The maximum absolute atomic E-state index is 13.2. The summed E-state index contributed by atoms with van der Waals surface area (Å²) in [5.41, 5.74) is 3.17. The third-order valence-corrected chi connectivity index (χ3v) is 7.19. The van der Waals surface area contributed by atoms with E-state index < -0.39 is 0 Å². The highest BCUT2D eigenvalue weighted by Gasteiger charge is 2.24. The van der Waals surface area contributed by atoms with Gasteiger partial charge in [-0.15, -0.1) is 11.3 Å². The second-order valence-corrected chi connectivity index (χ2v) is 9.28. The summed E-state index contributed by atoms with van der Waals surface area (Å²) in [5, 5.41) is 1.53. The minimum atomic E-state index is -0.146. The minimum absolute atomic E-state index is 0.0103. The predicted molar refractivity (Wildman–Crippen MR) is 136 cm³/mol. The van der Waals surface area contributed by atoms with Crippen molar-refractivity contribution in [3.05, 3.63) is 88.7 Å². The molecule has 5 aromatic rings. The second-order valence-electron chi connectivity index (χ2n) is 8.25. The first-order chi connectivity index (χ1) is 16.7. The Balaban J connectivity index is 1.19. The highest BCUT2D eigenvalue weighted by atomic mass is 32.1. The number of anilines is 1. The number of aromatic amines is 1. The van der Waals surface area contributed by atoms with Crippen LogP contribution in [0, 0.1) is 0 Å². The number of para-hydroxylation sites is 1. The van der Waals surface area contributed by atoms with E-state index in [2.05, 4.69) is 9.97 Å². The number of thiazole rings is 1. The van der Waals surface area contributed by atoms with Gasteiger partial charge in [-0.2, -0.15) is 0 Å². The summed E-state index contributed by atoms with van der Waals surface area (Å²) in [6, 6.07) is 23.1. The Morgan fingerprint density at radius 2 is 1.62 bits per heavy atom. The van der Waals surface area contributed by atoms with E-state index in [-0.39, 0.29) is 11.5 Å². The molecule has 1 fully saturated rings. The molecule has 0 radical (unpaired) electrons. The van der Waals surface area contributed by atoms with Gasteiger partial charge in [-0.1, -0.05) is 42.5 Å². The number of fused-ring (bicyclic) bond motifs is 2. The molecule has 1 N–H and O–H groups in total. The van der Waals surface area contributed by atoms with Gasteiger partial charge in [-0.3, -0.25) is 14.6 Å². The third kappa shape index (κ3) is 3.72. The molecule has 6 rings (SSSR count). The largest absolute Gasteiger partial charge is 0.339 e. The van der Waals surface area contributed by atoms with E-state index in [9.17, 15) is 9.59 Å². The van der Waals surface area contributed by atoms with Gasteiger partial charge >= 0.3 is 0 Å². The summed E-state index contributed by atoms with van der Waals surface area (Å²) in [5.74, 6) is 0.562. The Labute approximate surface area is 199 Å². The molecule has 0 aliphatic carbocycles. The van der Waals surface area contributed by atoms with Crippen molar-refractivity contribution in [1.82, 2.24) is 19.9 Å². The Hall–Kier alpha value is -4.04. The van der Waals surface area contributed by atoms with Crippen LogP contribution in [-0.2, 0) is 0 Å². The first-order valence-electron chi connectivity index (χ1n) is 11.1. The third-order valence-electron chi connectivity index (χ3n) is 6.12. The molecule has 34 heavy (non-hydrogen) atoms. The molecule has 0 atom stereocenters. The number of amides is 1. The van der Waals surface area contributed by atoms with Crippen molar-refractivity contribution < 1.29 is 4.79 Å². The molecule has 0 spiro atoms. The van der Waals surface area contributed by atoms with Crippen molar-refractivity contribution in [1.29, 1.82) is 0 Å². The molecule has 3 heterocycles. The first-order valence-corrected chi connectivity index (χ1v) is 12.0. The summed E-state index contributed by atoms with van der Waals surface area (Å²) >= 11 is 1.60. The van der Waals surface area contributed by atoms with Crippen molar-refractivity contribution in [3.8, 4) is 10.6 Å². The highest BCUT2D eigenvalue weighted by Crippen LogP contribution is 2.31. The van der Waals surface area contributed by atoms with Gasteiger partial charge < -0.3 is 9.80 Å². The molecule has 0 bridgehead atoms. The number of rotatable bonds is 3. The monoisotopic (exact) mass is 467 g/mol. The van der Waals surface area contributed by atoms with E-state index in [1.165, 1.54) is 0 Å². The Morgan fingerprint density at radius 3 is 2.44 bits per heavy atom. The number of nitrogens with one attached hydrogen (secondary N) is 1. The standard InChI is InChI=1S/C26H21N5O2S/c32-23-19-8-4-5-9-20(19)28-26(29-23)31-14-12-30(13-15-31)25(33)18-10-11-21-22(16-18)34-24(27-21)17-6-2-1-3-7-17/h1-11,16H,12-15H2,(H,28,29,32). The molecule has 1 amide bonds. The average Bonchev–Trinajstić information content (AvgIpc) is 3.32. The van der Waals surface area contributed by atoms with Crippen LogP contribution in [0.3, 0.4) is 0 Å². The van der Waals surface area contributed by atoms with Gasteiger partial charge in [0.2, 0.25) is 5.95 Å². The van der Waals surface area contributed by atoms with Crippen LogP contribution in [0.5, 0.6) is 0 Å². The SMILES string of the molecule is O=C(c1ccc2nc(-c3ccccc3)sc2c1)N1CCN(c2nc3ccccc3c(=O)[nH]2)CC1. The fourth-order valence-electron chi connectivity index (χ4n) is 4.29. The number of nitrogens with zero attached hydrogens (tertiary/aromatic N) is 4. The number of carbonyl (C=O) groups excluding carboxylic acids is 1. The van der Waals surface area contributed by atoms with Crippen LogP contribution in [0.4, 0.5) is 5.95 Å². The van der Waals surface area contributed by atoms with Gasteiger partial charge in [0, 0.05) is 37.3 Å². The quantitative estimate of drug-likeness (QED) is 0.431. The summed E-state index contributed by atoms with van der Waals surface area (Å²) in [6.07, 6.45) is 0. The van der Waals surface area contributed by atoms with E-state index in [1.807, 2.05) is 76.5 Å². The average molecular weight is 468 g/mol. The number of benzene rings is 3. The minimum Gasteiger partial charge on any atom is -0.339 e. The molecule has 1 aliphatic rings. The summed E-state index contributed by atoms with van der Waals surface area (Å²) in [4.78, 5) is 41.7. The van der Waals surface area contributed by atoms with Crippen LogP contribution in [0.25, 0.3) is 31.7 Å². The zero-order chi connectivity index (χ0) is 23.1. The summed E-state index contributed by atoms with van der Waals surface area (Å²) in [7, 11) is 0. The van der Waals surface area contributed by atoms with E-state index in [1.54, 1.807) is 17.4 Å². The van der Waals surface area contributed by atoms with Gasteiger partial charge in [0.15, 0.2) is 0 Å². The van der Waals surface area contributed by atoms with Gasteiger partial charge in [-0.25, -0.2) is 9.97 Å². The molecule has 0 saturated carbocycles. The van der Waals surface area contributed by atoms with E-state index in [4.69, 9.17) is 4.98 Å². The van der Waals surface area contributed by atoms with Gasteiger partial charge in [0.05, 0.1) is 21.1 Å². The number of aromatic nitrogens is 3. The van der Waals surface area contributed by atoms with Crippen molar-refractivity contribution in [3.63, 3.8) is 0 Å². The van der Waals surface area contributed by atoms with Crippen LogP contribution in [0.15, 0.2) is 77.6 Å². The van der Waals surface area contributed by atoms with Crippen LogP contribution in [-0.4, -0.2) is 51.9 Å². The molecule has 1 saturated heterocycles. The number of hydrogen-bond acceptors (Lipinski definition) is 6. The molecule has 7 nitrogen and oxygen atoms in total. The Morgan fingerprint density at radius 1 is 0.853 bits per heavy atom. The maximum atomic E-state index is 13.2. The van der Waals surface area contributed by atoms with Crippen LogP contribution < -0.4 is 10.5 Å². The zero-order valence-electron chi connectivity index (χ0n) is 18.3. The van der Waals surface area contributed by atoms with Crippen molar-refractivity contribution >= 4 is 44.3 Å². The first kappa shape index (κ1) is 20.6. The molecule has 0 unspecified atom stereocenters. The molecule has 168 valence electrons. The number of piperazine rings is 1. The molecule has 8 heteroatoms. The topological polar surface area (TPSA) is 82.2 Å². The molecule has 3 aromatic carbocycles. The highest BCUT2D eigenvalue weighted by molar-refractivity contribution is 7.21. The van der Waals surface area contributed by atoms with E-state index in [0.717, 1.165) is 20.8 Å². The Bertz CT molecular complexity index is 1570. The lowest BCUT2D eigenvalue weighted by Crippen LogP contribution is -2.49. The van der Waals surface area contributed by atoms with E-state index in [0.29, 0.717) is 48.6 Å². The molecular weight excluding hydrogens is 446 g/mol. The van der Waals surface area contributed by atoms with Crippen LogP contribution in [0.1, 0.15) is 10.4 Å². The van der Waals surface area contributed by atoms with Crippen molar-refractivity contribution in [2.24, 2.45) is 0 Å². The molecule has 1 aliphatic heterocycles. The summed E-state index contributed by atoms with van der Waals surface area (Å²) in [6.45, 7) is 2.33. The number of hydrogen-bond donors (Lipinski definition) is 1. The van der Waals surface area contributed by atoms with Crippen molar-refractivity contribution in [2.45, 2.75) is 0 Å². The fraction of sp³-hybridized carbons (Fsp3) is 0.154. The number of H-pyrrole nitrogens is 1. The number of carbonyl (C=O) groups is 1. The lowest BCUT2D eigenvalue weighted by atomic mass is 10.1. The zero-order valence-corrected chi connectivity index (χ0v) is 19.1. The predicted octanol–water partition coefficient (Wildman–Crippen LogP) is 4.16. The van der Waals surface area contributed by atoms with E-state index >= 15 is 0 Å². The van der Waals surface area contributed by atoms with Gasteiger partial charge in [-0.05, 0) is 30.3 Å². The van der Waals surface area contributed by atoms with Crippen molar-refractivity contribution in [2.75, 3.05) is 31.1 Å².